The second-order valence-corrected chi connectivity index (χ2v) is 5.16. The molecule has 0 aliphatic rings. The Morgan fingerprint density at radius 1 is 1.53 bits per heavy atom. The zero-order chi connectivity index (χ0) is 12.4. The first-order chi connectivity index (χ1) is 8.06. The number of carbonyl (C=O) groups excluding carboxylic acids is 1. The Morgan fingerprint density at radius 2 is 2.29 bits per heavy atom. The van der Waals surface area contributed by atoms with Gasteiger partial charge in [-0.3, -0.25) is 4.79 Å². The first kappa shape index (κ1) is 12.4. The van der Waals surface area contributed by atoms with Crippen molar-refractivity contribution in [3.05, 3.63) is 45.0 Å². The molecule has 0 saturated carbocycles. The van der Waals surface area contributed by atoms with E-state index < -0.39 is 0 Å². The van der Waals surface area contributed by atoms with Crippen molar-refractivity contribution in [1.82, 2.24) is 9.55 Å². The average Bonchev–Trinajstić information content (AvgIpc) is 2.69. The molecule has 1 heterocycles. The third-order valence-electron chi connectivity index (χ3n) is 2.12. The number of aryl methyl sites for hydroxylation is 1. The number of nitrogens with one attached hydrogen (secondary N) is 1. The Kier molecular flexibility index (Phi) is 3.68. The lowest BCUT2D eigenvalue weighted by Crippen LogP contribution is -2.12. The molecule has 1 N–H and O–H groups in total. The second-order valence-electron chi connectivity index (χ2n) is 3.50. The highest BCUT2D eigenvalue weighted by Crippen LogP contribution is 2.24. The molecule has 2 aromatic rings. The number of nitrogens with zero attached hydrogens (tertiary/aromatic N) is 2. The molecular formula is C11H9ClIN3O. The van der Waals surface area contributed by atoms with Crippen LogP contribution in [0.25, 0.3) is 0 Å². The molecule has 0 saturated heterocycles. The number of imidazole rings is 1. The third-order valence-corrected chi connectivity index (χ3v) is 3.10. The molecule has 2 rings (SSSR count). The predicted molar refractivity (Wildman–Crippen MR) is 75.3 cm³/mol. The summed E-state index contributed by atoms with van der Waals surface area (Å²) in [5.41, 5.74) is 0.949. The maximum Gasteiger partial charge on any atom is 0.275 e. The Morgan fingerprint density at radius 3 is 2.88 bits per heavy atom. The standard InChI is InChI=1S/C11H9ClIN3O/c1-16-5-10(14-6-16)11(17)15-9-3-2-7(13)4-8(9)12/h2-6H,1H3,(H,15,17). The van der Waals surface area contributed by atoms with Gasteiger partial charge in [0.05, 0.1) is 17.0 Å². The van der Waals surface area contributed by atoms with Crippen LogP contribution in [0.2, 0.25) is 5.02 Å². The minimum absolute atomic E-state index is 0.270. The summed E-state index contributed by atoms with van der Waals surface area (Å²) in [6, 6.07) is 5.43. The van der Waals surface area contributed by atoms with E-state index in [1.165, 1.54) is 0 Å². The smallest absolute Gasteiger partial charge is 0.275 e. The SMILES string of the molecule is Cn1cnc(C(=O)Nc2ccc(I)cc2Cl)c1. The summed E-state index contributed by atoms with van der Waals surface area (Å²) in [6.07, 6.45) is 3.22. The van der Waals surface area contributed by atoms with Crippen molar-refractivity contribution in [3.8, 4) is 0 Å². The van der Waals surface area contributed by atoms with Crippen LogP contribution in [0.15, 0.2) is 30.7 Å². The number of rotatable bonds is 2. The summed E-state index contributed by atoms with van der Waals surface area (Å²) in [7, 11) is 1.81. The van der Waals surface area contributed by atoms with Crippen LogP contribution in [0.1, 0.15) is 10.5 Å². The van der Waals surface area contributed by atoms with Gasteiger partial charge in [-0.1, -0.05) is 11.6 Å². The number of anilines is 1. The summed E-state index contributed by atoms with van der Waals surface area (Å²) in [4.78, 5) is 15.8. The van der Waals surface area contributed by atoms with E-state index in [2.05, 4.69) is 32.9 Å². The van der Waals surface area contributed by atoms with Gasteiger partial charge in [-0.05, 0) is 40.8 Å². The van der Waals surface area contributed by atoms with Crippen LogP contribution in [0.3, 0.4) is 0 Å². The summed E-state index contributed by atoms with van der Waals surface area (Å²) in [5, 5.41) is 3.23. The van der Waals surface area contributed by atoms with Gasteiger partial charge in [0.2, 0.25) is 0 Å². The average molecular weight is 362 g/mol. The zero-order valence-corrected chi connectivity index (χ0v) is 11.9. The molecule has 0 aliphatic heterocycles. The molecule has 17 heavy (non-hydrogen) atoms. The minimum Gasteiger partial charge on any atom is -0.340 e. The summed E-state index contributed by atoms with van der Waals surface area (Å²) in [5.74, 6) is -0.270. The molecule has 0 fully saturated rings. The zero-order valence-electron chi connectivity index (χ0n) is 8.95. The van der Waals surface area contributed by atoms with Crippen molar-refractivity contribution in [2.24, 2.45) is 7.05 Å². The van der Waals surface area contributed by atoms with Gasteiger partial charge in [-0.2, -0.15) is 0 Å². The molecule has 0 bridgehead atoms. The fraction of sp³-hybridized carbons (Fsp3) is 0.0909. The van der Waals surface area contributed by atoms with Crippen LogP contribution in [-0.2, 0) is 7.05 Å². The first-order valence-corrected chi connectivity index (χ1v) is 6.26. The summed E-state index contributed by atoms with van der Waals surface area (Å²) >= 11 is 8.18. The lowest BCUT2D eigenvalue weighted by Gasteiger charge is -2.05. The maximum absolute atomic E-state index is 11.8. The number of hydrogen-bond donors (Lipinski definition) is 1. The number of amides is 1. The van der Waals surface area contributed by atoms with Crippen molar-refractivity contribution < 1.29 is 4.79 Å². The Hall–Kier alpha value is -1.08. The van der Waals surface area contributed by atoms with Crippen molar-refractivity contribution in [2.75, 3.05) is 5.32 Å². The Bertz CT molecular complexity index is 568. The highest BCUT2D eigenvalue weighted by atomic mass is 127. The van der Waals surface area contributed by atoms with Crippen molar-refractivity contribution in [2.45, 2.75) is 0 Å². The van der Waals surface area contributed by atoms with Crippen LogP contribution in [0.5, 0.6) is 0 Å². The highest BCUT2D eigenvalue weighted by molar-refractivity contribution is 14.1. The lowest BCUT2D eigenvalue weighted by molar-refractivity contribution is 0.102. The second kappa shape index (κ2) is 5.05. The summed E-state index contributed by atoms with van der Waals surface area (Å²) in [6.45, 7) is 0. The topological polar surface area (TPSA) is 46.9 Å². The van der Waals surface area contributed by atoms with Gasteiger partial charge in [-0.15, -0.1) is 0 Å². The third kappa shape index (κ3) is 2.98. The van der Waals surface area contributed by atoms with E-state index in [0.29, 0.717) is 16.4 Å². The van der Waals surface area contributed by atoms with E-state index >= 15 is 0 Å². The number of aromatic nitrogens is 2. The first-order valence-electron chi connectivity index (χ1n) is 4.80. The van der Waals surface area contributed by atoms with Gasteiger partial charge >= 0.3 is 0 Å². The number of benzene rings is 1. The fourth-order valence-corrected chi connectivity index (χ4v) is 2.21. The van der Waals surface area contributed by atoms with E-state index in [0.717, 1.165) is 3.57 Å². The number of hydrogen-bond acceptors (Lipinski definition) is 2. The number of carbonyl (C=O) groups is 1. The van der Waals surface area contributed by atoms with Crippen LogP contribution in [-0.4, -0.2) is 15.5 Å². The predicted octanol–water partition coefficient (Wildman–Crippen LogP) is 2.93. The fourth-order valence-electron chi connectivity index (χ4n) is 1.31. The number of halogens is 2. The molecule has 6 heteroatoms. The molecule has 1 aromatic carbocycles. The molecule has 4 nitrogen and oxygen atoms in total. The van der Waals surface area contributed by atoms with Gasteiger partial charge in [-0.25, -0.2) is 4.98 Å². The van der Waals surface area contributed by atoms with Crippen LogP contribution < -0.4 is 5.32 Å². The Labute approximate surface area is 117 Å². The van der Waals surface area contributed by atoms with Gasteiger partial charge in [0.1, 0.15) is 5.69 Å². The molecular weight excluding hydrogens is 352 g/mol. The van der Waals surface area contributed by atoms with E-state index in [1.807, 2.05) is 13.1 Å². The Balaban J connectivity index is 2.18. The van der Waals surface area contributed by atoms with Crippen molar-refractivity contribution >= 4 is 45.8 Å². The van der Waals surface area contributed by atoms with Gasteiger partial charge in [0.25, 0.3) is 5.91 Å². The van der Waals surface area contributed by atoms with E-state index in [1.54, 1.807) is 29.2 Å². The minimum atomic E-state index is -0.270. The molecule has 0 spiro atoms. The largest absolute Gasteiger partial charge is 0.340 e. The monoisotopic (exact) mass is 361 g/mol. The van der Waals surface area contributed by atoms with Crippen LogP contribution in [0, 0.1) is 3.57 Å². The normalized spacial score (nSPS) is 10.3. The van der Waals surface area contributed by atoms with Crippen LogP contribution >= 0.6 is 34.2 Å². The van der Waals surface area contributed by atoms with Crippen molar-refractivity contribution in [1.29, 1.82) is 0 Å². The molecule has 0 aliphatic carbocycles. The van der Waals surface area contributed by atoms with Gasteiger partial charge in [0, 0.05) is 16.8 Å². The maximum atomic E-state index is 11.8. The van der Waals surface area contributed by atoms with E-state index in [-0.39, 0.29) is 5.91 Å². The molecule has 88 valence electrons. The molecule has 1 aromatic heterocycles. The van der Waals surface area contributed by atoms with Crippen molar-refractivity contribution in [3.63, 3.8) is 0 Å². The van der Waals surface area contributed by atoms with Crippen LogP contribution in [0.4, 0.5) is 5.69 Å². The molecule has 0 unspecified atom stereocenters. The van der Waals surface area contributed by atoms with E-state index in [4.69, 9.17) is 11.6 Å². The van der Waals surface area contributed by atoms with E-state index in [9.17, 15) is 4.79 Å². The summed E-state index contributed by atoms with van der Waals surface area (Å²) < 4.78 is 2.73. The van der Waals surface area contributed by atoms with Gasteiger partial charge < -0.3 is 9.88 Å². The molecule has 0 radical (unpaired) electrons. The quantitative estimate of drug-likeness (QED) is 0.836. The molecule has 1 amide bonds. The molecule has 0 atom stereocenters. The highest BCUT2D eigenvalue weighted by Gasteiger charge is 2.10. The lowest BCUT2D eigenvalue weighted by atomic mass is 10.3. The van der Waals surface area contributed by atoms with Gasteiger partial charge in [0.15, 0.2) is 0 Å².